The highest BCUT2D eigenvalue weighted by molar-refractivity contribution is 6.23. The molecule has 1 aromatic heterocycles. The van der Waals surface area contributed by atoms with Crippen molar-refractivity contribution in [1.82, 2.24) is 25.4 Å². The minimum atomic E-state index is -1.12. The molecular weight excluding hydrogens is 794 g/mol. The van der Waals surface area contributed by atoms with Gasteiger partial charge in [0.1, 0.15) is 17.9 Å². The lowest BCUT2D eigenvalue weighted by Gasteiger charge is -2.35. The number of benzene rings is 3. The number of imide groups is 2. The van der Waals surface area contributed by atoms with E-state index < -0.39 is 35.5 Å². The Morgan fingerprint density at radius 1 is 0.871 bits per heavy atom. The van der Waals surface area contributed by atoms with E-state index in [1.165, 1.54) is 6.07 Å². The molecule has 4 aromatic rings. The summed E-state index contributed by atoms with van der Waals surface area (Å²) in [5.74, 6) is -2.10. The lowest BCUT2D eigenvalue weighted by atomic mass is 9.92. The standard InChI is InChI=1S/C47H48FN7O7/c48-38-22-36-37(47(60)55(46(36)59)39-12-14-42(56)52-45(39)58)23-41(38)61-27-29-15-19-53(26-29)25-28-16-20-54(21-17-28)33-8-3-30(4-9-33)44(57)51-32-6-10-34(11-7-32)62-40-13-5-31(24-49)43-35(40)2-1-18-50-43/h1-5,8-9,13,18,22-23,28-29,32,34,39H,6-7,10-12,14-17,19-21,25-27H2,(H,51,57)(H,52,56,58)/t29-,32?,34?,39?/m1/s1. The van der Waals surface area contributed by atoms with E-state index in [1.807, 2.05) is 42.5 Å². The van der Waals surface area contributed by atoms with Crippen LogP contribution in [-0.2, 0) is 9.59 Å². The molecule has 4 aliphatic heterocycles. The van der Waals surface area contributed by atoms with Crippen molar-refractivity contribution in [3.05, 3.63) is 94.9 Å². The zero-order valence-corrected chi connectivity index (χ0v) is 34.3. The molecule has 5 heterocycles. The number of amides is 5. The molecule has 2 atom stereocenters. The molecule has 4 fully saturated rings. The van der Waals surface area contributed by atoms with Gasteiger partial charge in [0.2, 0.25) is 11.8 Å². The average molecular weight is 842 g/mol. The van der Waals surface area contributed by atoms with Gasteiger partial charge in [-0.2, -0.15) is 5.26 Å². The number of likely N-dealkylation sites (tertiary alicyclic amines) is 1. The number of carbonyl (C=O) groups is 5. The number of anilines is 1. The molecule has 5 amide bonds. The van der Waals surface area contributed by atoms with E-state index in [2.05, 4.69) is 31.5 Å². The number of nitriles is 1. The summed E-state index contributed by atoms with van der Waals surface area (Å²) in [6.45, 7) is 4.83. The fraction of sp³-hybridized carbons (Fsp3) is 0.426. The van der Waals surface area contributed by atoms with Crippen LogP contribution in [0.1, 0.15) is 94.4 Å². The molecule has 3 aromatic carbocycles. The molecule has 0 bridgehead atoms. The fourth-order valence-electron chi connectivity index (χ4n) is 9.68. The number of rotatable bonds is 11. The number of halogens is 1. The molecule has 2 N–H and O–H groups in total. The van der Waals surface area contributed by atoms with Crippen molar-refractivity contribution in [1.29, 1.82) is 5.26 Å². The maximum Gasteiger partial charge on any atom is 0.262 e. The summed E-state index contributed by atoms with van der Waals surface area (Å²) in [5, 5.41) is 15.7. The molecule has 14 nitrogen and oxygen atoms in total. The highest BCUT2D eigenvalue weighted by atomic mass is 19.1. The van der Waals surface area contributed by atoms with Gasteiger partial charge < -0.3 is 24.6 Å². The van der Waals surface area contributed by atoms with Crippen molar-refractivity contribution in [2.45, 2.75) is 76.0 Å². The summed E-state index contributed by atoms with van der Waals surface area (Å²) in [6, 6.07) is 18.7. The predicted octanol–water partition coefficient (Wildman–Crippen LogP) is 5.38. The van der Waals surface area contributed by atoms with Crippen LogP contribution in [0.4, 0.5) is 10.1 Å². The van der Waals surface area contributed by atoms with Gasteiger partial charge in [0.05, 0.1) is 34.9 Å². The van der Waals surface area contributed by atoms with Gasteiger partial charge in [-0.3, -0.25) is 39.2 Å². The van der Waals surface area contributed by atoms with E-state index >= 15 is 4.39 Å². The molecule has 0 radical (unpaired) electrons. The van der Waals surface area contributed by atoms with Crippen LogP contribution in [-0.4, -0.2) is 102 Å². The molecule has 1 unspecified atom stereocenters. The quantitative estimate of drug-likeness (QED) is 0.186. The van der Waals surface area contributed by atoms with Crippen LogP contribution in [0.5, 0.6) is 11.5 Å². The number of pyridine rings is 1. The van der Waals surface area contributed by atoms with E-state index in [4.69, 9.17) is 9.47 Å². The van der Waals surface area contributed by atoms with Crippen molar-refractivity contribution in [2.24, 2.45) is 11.8 Å². The number of fused-ring (bicyclic) bond motifs is 2. The summed E-state index contributed by atoms with van der Waals surface area (Å²) < 4.78 is 27.4. The molecule has 320 valence electrons. The van der Waals surface area contributed by atoms with Gasteiger partial charge in [-0.1, -0.05) is 0 Å². The van der Waals surface area contributed by atoms with Gasteiger partial charge in [-0.25, -0.2) is 4.39 Å². The topological polar surface area (TPSA) is 174 Å². The number of ether oxygens (including phenoxy) is 2. The predicted molar refractivity (Wildman–Crippen MR) is 225 cm³/mol. The van der Waals surface area contributed by atoms with Gasteiger partial charge in [0, 0.05) is 67.4 Å². The van der Waals surface area contributed by atoms with Crippen molar-refractivity contribution in [3.63, 3.8) is 0 Å². The lowest BCUT2D eigenvalue weighted by Crippen LogP contribution is -2.54. The largest absolute Gasteiger partial charge is 0.490 e. The minimum Gasteiger partial charge on any atom is -0.490 e. The van der Waals surface area contributed by atoms with Crippen LogP contribution >= 0.6 is 0 Å². The van der Waals surface area contributed by atoms with Crippen LogP contribution in [0, 0.1) is 29.0 Å². The van der Waals surface area contributed by atoms with E-state index in [0.717, 1.165) is 105 Å². The first-order valence-corrected chi connectivity index (χ1v) is 21.6. The van der Waals surface area contributed by atoms with Crippen LogP contribution in [0.3, 0.4) is 0 Å². The Morgan fingerprint density at radius 3 is 2.35 bits per heavy atom. The SMILES string of the molecule is N#Cc1ccc(OC2CCC(NC(=O)c3ccc(N4CCC(CN5CC[C@@H](COc6cc7c(cc6F)C(=O)N(C6CCC(=O)NC6=O)C7=O)C5)CC4)cc3)CC2)c2cccnc12. The van der Waals surface area contributed by atoms with Crippen molar-refractivity contribution < 1.29 is 37.8 Å². The highest BCUT2D eigenvalue weighted by Gasteiger charge is 2.45. The van der Waals surface area contributed by atoms with Crippen LogP contribution in [0.2, 0.25) is 0 Å². The number of piperidine rings is 2. The van der Waals surface area contributed by atoms with Gasteiger partial charge in [-0.15, -0.1) is 0 Å². The second kappa shape index (κ2) is 17.5. The number of hydrogen-bond donors (Lipinski definition) is 2. The molecular formula is C47H48FN7O7. The van der Waals surface area contributed by atoms with Crippen molar-refractivity contribution >= 4 is 46.1 Å². The first-order chi connectivity index (χ1) is 30.1. The molecule has 0 spiro atoms. The fourth-order valence-corrected chi connectivity index (χ4v) is 9.68. The molecule has 15 heteroatoms. The Bertz CT molecular complexity index is 2460. The number of nitrogens with one attached hydrogen (secondary N) is 2. The molecule has 3 saturated heterocycles. The summed E-state index contributed by atoms with van der Waals surface area (Å²) in [4.78, 5) is 73.4. The normalized spacial score (nSPS) is 23.3. The van der Waals surface area contributed by atoms with E-state index in [0.29, 0.717) is 22.6 Å². The van der Waals surface area contributed by atoms with Crippen LogP contribution < -0.4 is 25.0 Å². The monoisotopic (exact) mass is 841 g/mol. The lowest BCUT2D eigenvalue weighted by molar-refractivity contribution is -0.136. The Hall–Kier alpha value is -6.40. The van der Waals surface area contributed by atoms with E-state index in [1.54, 1.807) is 12.3 Å². The second-order valence-electron chi connectivity index (χ2n) is 17.2. The third-order valence-corrected chi connectivity index (χ3v) is 13.1. The average Bonchev–Trinajstić information content (AvgIpc) is 3.83. The van der Waals surface area contributed by atoms with Gasteiger partial charge >= 0.3 is 0 Å². The summed E-state index contributed by atoms with van der Waals surface area (Å²) in [6.07, 6.45) is 8.01. The third-order valence-electron chi connectivity index (χ3n) is 13.1. The number of aromatic nitrogens is 1. The first-order valence-electron chi connectivity index (χ1n) is 21.6. The zero-order chi connectivity index (χ0) is 42.9. The maximum atomic E-state index is 15.1. The molecule has 9 rings (SSSR count). The van der Waals surface area contributed by atoms with E-state index in [9.17, 15) is 29.2 Å². The molecule has 5 aliphatic rings. The number of carbonyl (C=O) groups excluding carboxylic acids is 5. The van der Waals surface area contributed by atoms with Gasteiger partial charge in [-0.05, 0) is 124 Å². The Labute approximate surface area is 358 Å². The number of nitrogens with zero attached hydrogens (tertiary/aromatic N) is 5. The zero-order valence-electron chi connectivity index (χ0n) is 34.3. The Kier molecular flexibility index (Phi) is 11.6. The molecule has 62 heavy (non-hydrogen) atoms. The van der Waals surface area contributed by atoms with Crippen molar-refractivity contribution in [3.8, 4) is 17.6 Å². The van der Waals surface area contributed by atoms with Gasteiger partial charge in [0.25, 0.3) is 17.7 Å². The maximum absolute atomic E-state index is 15.1. The minimum absolute atomic E-state index is 0.00383. The summed E-state index contributed by atoms with van der Waals surface area (Å²) >= 11 is 0. The van der Waals surface area contributed by atoms with Gasteiger partial charge in [0.15, 0.2) is 11.6 Å². The summed E-state index contributed by atoms with van der Waals surface area (Å²) in [5.41, 5.74) is 2.79. The smallest absolute Gasteiger partial charge is 0.262 e. The third kappa shape index (κ3) is 8.43. The second-order valence-corrected chi connectivity index (χ2v) is 17.2. The van der Waals surface area contributed by atoms with Crippen molar-refractivity contribution in [2.75, 3.05) is 44.2 Å². The first kappa shape index (κ1) is 41.0. The Balaban J connectivity index is 0.693. The molecule has 1 aliphatic carbocycles. The van der Waals surface area contributed by atoms with Crippen LogP contribution in [0.15, 0.2) is 66.9 Å². The van der Waals surface area contributed by atoms with E-state index in [-0.39, 0.29) is 60.3 Å². The van der Waals surface area contributed by atoms with Crippen LogP contribution in [0.25, 0.3) is 10.9 Å². The summed E-state index contributed by atoms with van der Waals surface area (Å²) in [7, 11) is 0. The number of hydrogen-bond acceptors (Lipinski definition) is 11. The highest BCUT2D eigenvalue weighted by Crippen LogP contribution is 2.34. The molecule has 1 saturated carbocycles. The Morgan fingerprint density at radius 2 is 1.61 bits per heavy atom.